The van der Waals surface area contributed by atoms with Crippen molar-refractivity contribution in [2.75, 3.05) is 0 Å². The van der Waals surface area contributed by atoms with E-state index >= 15 is 0 Å². The molecule has 6 heteroatoms. The number of aryl methyl sites for hydroxylation is 3. The van der Waals surface area contributed by atoms with Crippen LogP contribution >= 0.6 is 0 Å². The van der Waals surface area contributed by atoms with Gasteiger partial charge in [-0.3, -0.25) is 4.79 Å². The van der Waals surface area contributed by atoms with Gasteiger partial charge >= 0.3 is 0 Å². The van der Waals surface area contributed by atoms with Crippen molar-refractivity contribution < 1.29 is 9.32 Å². The molecule has 0 aromatic carbocycles. The predicted octanol–water partition coefficient (Wildman–Crippen LogP) is 2.36. The number of hydrogen-bond acceptors (Lipinski definition) is 4. The molecule has 2 aromatic rings. The summed E-state index contributed by atoms with van der Waals surface area (Å²) in [6.45, 7) is 8.57. The standard InChI is InChI=1S/C16H22N4O2/c1-9(2)15-14(11(4)19-22-15)16(21)18-12-5-6-13-17-10(3)7-20(13)8-12/h7,9,12H,5-6,8H2,1-4H3,(H,18,21). The molecular formula is C16H22N4O2. The lowest BCUT2D eigenvalue weighted by Crippen LogP contribution is -2.41. The highest BCUT2D eigenvalue weighted by atomic mass is 16.5. The van der Waals surface area contributed by atoms with Gasteiger partial charge in [0.15, 0.2) is 5.76 Å². The first-order valence-electron chi connectivity index (χ1n) is 7.75. The van der Waals surface area contributed by atoms with Crippen molar-refractivity contribution in [2.45, 2.75) is 59.0 Å². The number of nitrogens with one attached hydrogen (secondary N) is 1. The fourth-order valence-corrected chi connectivity index (χ4v) is 3.02. The Morgan fingerprint density at radius 3 is 2.95 bits per heavy atom. The van der Waals surface area contributed by atoms with E-state index in [9.17, 15) is 4.79 Å². The number of fused-ring (bicyclic) bond motifs is 1. The molecule has 1 amide bonds. The zero-order valence-corrected chi connectivity index (χ0v) is 13.5. The van der Waals surface area contributed by atoms with Gasteiger partial charge in [0.25, 0.3) is 5.91 Å². The maximum absolute atomic E-state index is 12.6. The lowest BCUT2D eigenvalue weighted by molar-refractivity contribution is 0.0924. The third-order valence-electron chi connectivity index (χ3n) is 4.09. The molecule has 3 heterocycles. The Labute approximate surface area is 129 Å². The summed E-state index contributed by atoms with van der Waals surface area (Å²) in [5.74, 6) is 1.81. The maximum Gasteiger partial charge on any atom is 0.257 e. The zero-order valence-electron chi connectivity index (χ0n) is 13.5. The van der Waals surface area contributed by atoms with Gasteiger partial charge < -0.3 is 14.4 Å². The van der Waals surface area contributed by atoms with E-state index in [1.807, 2.05) is 33.9 Å². The third-order valence-corrected chi connectivity index (χ3v) is 4.09. The summed E-state index contributed by atoms with van der Waals surface area (Å²) in [7, 11) is 0. The van der Waals surface area contributed by atoms with E-state index in [0.29, 0.717) is 17.0 Å². The first-order chi connectivity index (χ1) is 10.5. The van der Waals surface area contributed by atoms with Crippen molar-refractivity contribution in [1.29, 1.82) is 0 Å². The summed E-state index contributed by atoms with van der Waals surface area (Å²) < 4.78 is 7.43. The zero-order chi connectivity index (χ0) is 15.9. The van der Waals surface area contributed by atoms with Crippen LogP contribution in [-0.2, 0) is 13.0 Å². The Kier molecular flexibility index (Phi) is 3.76. The highest BCUT2D eigenvalue weighted by molar-refractivity contribution is 5.96. The average Bonchev–Trinajstić information content (AvgIpc) is 3.00. The first kappa shape index (κ1) is 14.8. The summed E-state index contributed by atoms with van der Waals surface area (Å²) in [5.41, 5.74) is 2.26. The topological polar surface area (TPSA) is 73.0 Å². The predicted molar refractivity (Wildman–Crippen MR) is 81.9 cm³/mol. The molecule has 0 spiro atoms. The molecular weight excluding hydrogens is 280 g/mol. The molecule has 1 aliphatic heterocycles. The van der Waals surface area contributed by atoms with Gasteiger partial charge in [0.1, 0.15) is 11.4 Å². The highest BCUT2D eigenvalue weighted by Crippen LogP contribution is 2.23. The number of hydrogen-bond donors (Lipinski definition) is 1. The van der Waals surface area contributed by atoms with E-state index in [2.05, 4.69) is 20.0 Å². The van der Waals surface area contributed by atoms with Crippen LogP contribution in [0.5, 0.6) is 0 Å². The van der Waals surface area contributed by atoms with Gasteiger partial charge in [0, 0.05) is 31.1 Å². The molecule has 0 fully saturated rings. The number of nitrogens with zero attached hydrogens (tertiary/aromatic N) is 3. The highest BCUT2D eigenvalue weighted by Gasteiger charge is 2.26. The second kappa shape index (κ2) is 5.59. The molecule has 0 saturated carbocycles. The van der Waals surface area contributed by atoms with Crippen LogP contribution in [0, 0.1) is 13.8 Å². The van der Waals surface area contributed by atoms with Crippen LogP contribution in [0.1, 0.15) is 59.5 Å². The summed E-state index contributed by atoms with van der Waals surface area (Å²) in [6.07, 6.45) is 3.83. The van der Waals surface area contributed by atoms with Crippen molar-refractivity contribution in [3.8, 4) is 0 Å². The molecule has 0 aliphatic carbocycles. The van der Waals surface area contributed by atoms with E-state index in [4.69, 9.17) is 4.52 Å². The van der Waals surface area contributed by atoms with Gasteiger partial charge in [-0.05, 0) is 20.3 Å². The number of amides is 1. The summed E-state index contributed by atoms with van der Waals surface area (Å²) in [5, 5.41) is 7.06. The monoisotopic (exact) mass is 302 g/mol. The Balaban J connectivity index is 1.74. The molecule has 118 valence electrons. The van der Waals surface area contributed by atoms with Crippen LogP contribution in [0.15, 0.2) is 10.7 Å². The van der Waals surface area contributed by atoms with E-state index < -0.39 is 0 Å². The Morgan fingerprint density at radius 2 is 2.23 bits per heavy atom. The molecule has 1 atom stereocenters. The average molecular weight is 302 g/mol. The number of aromatic nitrogens is 3. The van der Waals surface area contributed by atoms with Gasteiger partial charge in [0.2, 0.25) is 0 Å². The lowest BCUT2D eigenvalue weighted by atomic mass is 10.0. The van der Waals surface area contributed by atoms with Gasteiger partial charge in [-0.15, -0.1) is 0 Å². The Morgan fingerprint density at radius 1 is 1.45 bits per heavy atom. The molecule has 1 aliphatic rings. The van der Waals surface area contributed by atoms with Gasteiger partial charge in [-0.1, -0.05) is 19.0 Å². The SMILES string of the molecule is Cc1cn2c(n1)CCC(NC(=O)c1c(C)noc1C(C)C)C2. The van der Waals surface area contributed by atoms with E-state index in [1.165, 1.54) is 0 Å². The molecule has 1 unspecified atom stereocenters. The second-order valence-electron chi connectivity index (χ2n) is 6.32. The quantitative estimate of drug-likeness (QED) is 0.944. The minimum Gasteiger partial charge on any atom is -0.360 e. The summed E-state index contributed by atoms with van der Waals surface area (Å²) >= 11 is 0. The minimum atomic E-state index is -0.0901. The Bertz CT molecular complexity index is 699. The molecule has 2 aromatic heterocycles. The number of carbonyl (C=O) groups is 1. The van der Waals surface area contributed by atoms with Gasteiger partial charge in [0.05, 0.1) is 11.4 Å². The second-order valence-corrected chi connectivity index (χ2v) is 6.32. The smallest absolute Gasteiger partial charge is 0.257 e. The lowest BCUT2D eigenvalue weighted by Gasteiger charge is -2.24. The van der Waals surface area contributed by atoms with Crippen molar-refractivity contribution in [1.82, 2.24) is 20.0 Å². The largest absolute Gasteiger partial charge is 0.360 e. The Hall–Kier alpha value is -2.11. The maximum atomic E-state index is 12.6. The van der Waals surface area contributed by atoms with Crippen LogP contribution in [0.2, 0.25) is 0 Å². The number of imidazole rings is 1. The molecule has 0 radical (unpaired) electrons. The van der Waals surface area contributed by atoms with E-state index in [0.717, 1.165) is 30.9 Å². The van der Waals surface area contributed by atoms with Crippen molar-refractivity contribution >= 4 is 5.91 Å². The van der Waals surface area contributed by atoms with Gasteiger partial charge in [-0.25, -0.2) is 4.98 Å². The van der Waals surface area contributed by atoms with E-state index in [-0.39, 0.29) is 17.9 Å². The molecule has 0 saturated heterocycles. The van der Waals surface area contributed by atoms with Crippen molar-refractivity contribution in [3.05, 3.63) is 34.7 Å². The molecule has 1 N–H and O–H groups in total. The summed E-state index contributed by atoms with van der Waals surface area (Å²) in [4.78, 5) is 17.1. The van der Waals surface area contributed by atoms with Gasteiger partial charge in [-0.2, -0.15) is 0 Å². The van der Waals surface area contributed by atoms with Crippen LogP contribution in [0.3, 0.4) is 0 Å². The third kappa shape index (κ3) is 2.65. The normalized spacial score (nSPS) is 17.6. The number of carbonyl (C=O) groups excluding carboxylic acids is 1. The molecule has 22 heavy (non-hydrogen) atoms. The fraction of sp³-hybridized carbons (Fsp3) is 0.562. The van der Waals surface area contributed by atoms with Crippen LogP contribution < -0.4 is 5.32 Å². The first-order valence-corrected chi connectivity index (χ1v) is 7.75. The minimum absolute atomic E-state index is 0.0901. The fourth-order valence-electron chi connectivity index (χ4n) is 3.02. The summed E-state index contributed by atoms with van der Waals surface area (Å²) in [6, 6.07) is 0.114. The van der Waals surface area contributed by atoms with Crippen molar-refractivity contribution in [2.24, 2.45) is 0 Å². The van der Waals surface area contributed by atoms with Crippen molar-refractivity contribution in [3.63, 3.8) is 0 Å². The molecule has 6 nitrogen and oxygen atoms in total. The number of rotatable bonds is 3. The van der Waals surface area contributed by atoms with E-state index in [1.54, 1.807) is 0 Å². The molecule has 0 bridgehead atoms. The molecule has 3 rings (SSSR count). The van der Waals surface area contributed by atoms with Crippen LogP contribution in [0.25, 0.3) is 0 Å². The van der Waals surface area contributed by atoms with Crippen LogP contribution in [0.4, 0.5) is 0 Å². The van der Waals surface area contributed by atoms with Crippen LogP contribution in [-0.4, -0.2) is 26.7 Å².